The molecule has 0 bridgehead atoms. The Labute approximate surface area is 118 Å². The van der Waals surface area contributed by atoms with Gasteiger partial charge in [0, 0.05) is 11.4 Å². The molecule has 19 heavy (non-hydrogen) atoms. The van der Waals surface area contributed by atoms with Crippen molar-refractivity contribution >= 4 is 22.4 Å². The fourth-order valence-corrected chi connectivity index (χ4v) is 3.28. The van der Waals surface area contributed by atoms with Crippen LogP contribution in [0.3, 0.4) is 0 Å². The summed E-state index contributed by atoms with van der Waals surface area (Å²) in [7, 11) is 0. The average Bonchev–Trinajstić information content (AvgIpc) is 2.80. The van der Waals surface area contributed by atoms with Crippen LogP contribution in [0.5, 0.6) is 0 Å². The van der Waals surface area contributed by atoms with Crippen LogP contribution < -0.4 is 5.32 Å². The van der Waals surface area contributed by atoms with Crippen molar-refractivity contribution in [3.05, 3.63) is 11.1 Å². The third-order valence-corrected chi connectivity index (χ3v) is 4.43. The SMILES string of the molecule is CCOC(=O)Cc1csc(NC2CCCCC2C)n1. The first-order valence-electron chi connectivity index (χ1n) is 7.05. The van der Waals surface area contributed by atoms with Crippen molar-refractivity contribution in [3.63, 3.8) is 0 Å². The van der Waals surface area contributed by atoms with E-state index < -0.39 is 0 Å². The van der Waals surface area contributed by atoms with E-state index in [0.29, 0.717) is 18.6 Å². The standard InChI is InChI=1S/C14H22N2O2S/c1-3-18-13(17)8-11-9-19-14(15-11)16-12-7-5-4-6-10(12)2/h9-10,12H,3-8H2,1-2H3,(H,15,16). The van der Waals surface area contributed by atoms with E-state index in [1.807, 2.05) is 12.3 Å². The first kappa shape index (κ1) is 14.3. The summed E-state index contributed by atoms with van der Waals surface area (Å²) in [5.41, 5.74) is 0.800. The molecule has 106 valence electrons. The number of esters is 1. The molecule has 0 saturated heterocycles. The summed E-state index contributed by atoms with van der Waals surface area (Å²) >= 11 is 1.58. The molecule has 1 aromatic heterocycles. The second-order valence-electron chi connectivity index (χ2n) is 5.14. The van der Waals surface area contributed by atoms with Gasteiger partial charge in [-0.05, 0) is 25.7 Å². The van der Waals surface area contributed by atoms with Gasteiger partial charge in [0.15, 0.2) is 5.13 Å². The maximum atomic E-state index is 11.4. The van der Waals surface area contributed by atoms with E-state index in [-0.39, 0.29) is 12.4 Å². The number of rotatable bonds is 5. The summed E-state index contributed by atoms with van der Waals surface area (Å²) in [6.07, 6.45) is 5.41. The van der Waals surface area contributed by atoms with Crippen LogP contribution in [0.15, 0.2) is 5.38 Å². The molecule has 2 unspecified atom stereocenters. The highest BCUT2D eigenvalue weighted by Gasteiger charge is 2.22. The van der Waals surface area contributed by atoms with Gasteiger partial charge >= 0.3 is 5.97 Å². The quantitative estimate of drug-likeness (QED) is 0.842. The predicted octanol–water partition coefficient (Wildman–Crippen LogP) is 3.24. The van der Waals surface area contributed by atoms with Crippen LogP contribution in [-0.4, -0.2) is 23.6 Å². The largest absolute Gasteiger partial charge is 0.466 e. The number of hydrogen-bond donors (Lipinski definition) is 1. The number of aromatic nitrogens is 1. The predicted molar refractivity (Wildman–Crippen MR) is 77.5 cm³/mol. The number of carbonyl (C=O) groups excluding carboxylic acids is 1. The Bertz CT molecular complexity index is 419. The Balaban J connectivity index is 1.88. The van der Waals surface area contributed by atoms with Crippen LogP contribution in [0.1, 0.15) is 45.2 Å². The molecule has 1 heterocycles. The molecule has 1 N–H and O–H groups in total. The van der Waals surface area contributed by atoms with E-state index in [4.69, 9.17) is 4.74 Å². The molecule has 1 saturated carbocycles. The average molecular weight is 282 g/mol. The van der Waals surface area contributed by atoms with Crippen LogP contribution >= 0.6 is 11.3 Å². The Hall–Kier alpha value is -1.10. The maximum Gasteiger partial charge on any atom is 0.311 e. The second kappa shape index (κ2) is 6.89. The highest BCUT2D eigenvalue weighted by atomic mass is 32.1. The van der Waals surface area contributed by atoms with Crippen molar-refractivity contribution < 1.29 is 9.53 Å². The molecule has 1 aliphatic carbocycles. The number of carbonyl (C=O) groups is 1. The smallest absolute Gasteiger partial charge is 0.311 e. The molecule has 4 nitrogen and oxygen atoms in total. The van der Waals surface area contributed by atoms with Crippen LogP contribution in [0.25, 0.3) is 0 Å². The fraction of sp³-hybridized carbons (Fsp3) is 0.714. The van der Waals surface area contributed by atoms with Gasteiger partial charge in [0.05, 0.1) is 18.7 Å². The fourth-order valence-electron chi connectivity index (χ4n) is 2.50. The molecule has 1 aromatic rings. The van der Waals surface area contributed by atoms with Crippen LogP contribution in [0.2, 0.25) is 0 Å². The van der Waals surface area contributed by atoms with Gasteiger partial charge in [0.1, 0.15) is 0 Å². The number of thiazole rings is 1. The van der Waals surface area contributed by atoms with E-state index >= 15 is 0 Å². The van der Waals surface area contributed by atoms with Crippen LogP contribution in [-0.2, 0) is 16.0 Å². The minimum atomic E-state index is -0.203. The lowest BCUT2D eigenvalue weighted by Gasteiger charge is -2.29. The summed E-state index contributed by atoms with van der Waals surface area (Å²) in [4.78, 5) is 15.9. The minimum Gasteiger partial charge on any atom is -0.466 e. The van der Waals surface area contributed by atoms with Crippen molar-refractivity contribution in [3.8, 4) is 0 Å². The van der Waals surface area contributed by atoms with Gasteiger partial charge < -0.3 is 10.1 Å². The lowest BCUT2D eigenvalue weighted by atomic mass is 9.86. The van der Waals surface area contributed by atoms with Crippen LogP contribution in [0.4, 0.5) is 5.13 Å². The zero-order valence-corrected chi connectivity index (χ0v) is 12.5. The summed E-state index contributed by atoms with van der Waals surface area (Å²) in [5.74, 6) is 0.497. The van der Waals surface area contributed by atoms with E-state index in [2.05, 4.69) is 17.2 Å². The molecule has 2 atom stereocenters. The topological polar surface area (TPSA) is 51.2 Å². The van der Waals surface area contributed by atoms with E-state index in [0.717, 1.165) is 10.8 Å². The van der Waals surface area contributed by atoms with Gasteiger partial charge in [-0.25, -0.2) is 4.98 Å². The van der Waals surface area contributed by atoms with Gasteiger partial charge in [-0.3, -0.25) is 4.79 Å². The van der Waals surface area contributed by atoms with Gasteiger partial charge in [0.2, 0.25) is 0 Å². The molecule has 0 spiro atoms. The molecular formula is C14H22N2O2S. The Morgan fingerprint density at radius 1 is 1.53 bits per heavy atom. The van der Waals surface area contributed by atoms with Crippen LogP contribution in [0, 0.1) is 5.92 Å². The lowest BCUT2D eigenvalue weighted by molar-refractivity contribution is -0.142. The van der Waals surface area contributed by atoms with E-state index in [1.54, 1.807) is 11.3 Å². The van der Waals surface area contributed by atoms with Crippen molar-refractivity contribution in [2.24, 2.45) is 5.92 Å². The van der Waals surface area contributed by atoms with Crippen molar-refractivity contribution in [2.75, 3.05) is 11.9 Å². The summed E-state index contributed by atoms with van der Waals surface area (Å²) in [6.45, 7) is 4.54. The maximum absolute atomic E-state index is 11.4. The lowest BCUT2D eigenvalue weighted by Crippen LogP contribution is -2.30. The molecule has 0 aliphatic heterocycles. The number of nitrogens with one attached hydrogen (secondary N) is 1. The van der Waals surface area contributed by atoms with Gasteiger partial charge in [0.25, 0.3) is 0 Å². The molecule has 0 aromatic carbocycles. The minimum absolute atomic E-state index is 0.203. The van der Waals surface area contributed by atoms with Crippen molar-refractivity contribution in [1.29, 1.82) is 0 Å². The third-order valence-electron chi connectivity index (χ3n) is 3.60. The second-order valence-corrected chi connectivity index (χ2v) is 6.00. The monoisotopic (exact) mass is 282 g/mol. The Morgan fingerprint density at radius 2 is 2.32 bits per heavy atom. The summed E-state index contributed by atoms with van der Waals surface area (Å²) in [6, 6.07) is 0.523. The van der Waals surface area contributed by atoms with Crippen molar-refractivity contribution in [2.45, 2.75) is 52.0 Å². The first-order chi connectivity index (χ1) is 9.19. The molecular weight excluding hydrogens is 260 g/mol. The summed E-state index contributed by atoms with van der Waals surface area (Å²) < 4.78 is 4.93. The highest BCUT2D eigenvalue weighted by molar-refractivity contribution is 7.13. The molecule has 1 fully saturated rings. The molecule has 0 radical (unpaired) electrons. The molecule has 5 heteroatoms. The Morgan fingerprint density at radius 3 is 3.05 bits per heavy atom. The number of hydrogen-bond acceptors (Lipinski definition) is 5. The number of anilines is 1. The molecule has 2 rings (SSSR count). The highest BCUT2D eigenvalue weighted by Crippen LogP contribution is 2.28. The zero-order chi connectivity index (χ0) is 13.7. The normalized spacial score (nSPS) is 23.1. The number of nitrogens with zero attached hydrogens (tertiary/aromatic N) is 1. The summed E-state index contributed by atoms with van der Waals surface area (Å²) in [5, 5.41) is 6.38. The number of ether oxygens (including phenoxy) is 1. The zero-order valence-electron chi connectivity index (χ0n) is 11.6. The van der Waals surface area contributed by atoms with E-state index in [1.165, 1.54) is 25.7 Å². The van der Waals surface area contributed by atoms with Crippen molar-refractivity contribution in [1.82, 2.24) is 4.98 Å². The molecule has 0 amide bonds. The van der Waals surface area contributed by atoms with Gasteiger partial charge in [-0.15, -0.1) is 11.3 Å². The molecule has 1 aliphatic rings. The first-order valence-corrected chi connectivity index (χ1v) is 7.93. The Kier molecular flexibility index (Phi) is 5.19. The van der Waals surface area contributed by atoms with E-state index in [9.17, 15) is 4.79 Å². The third kappa shape index (κ3) is 4.20. The van der Waals surface area contributed by atoms with Gasteiger partial charge in [-0.2, -0.15) is 0 Å². The van der Waals surface area contributed by atoms with Gasteiger partial charge in [-0.1, -0.05) is 19.8 Å².